The molecule has 0 saturated carbocycles. The molecule has 1 aliphatic rings. The molecule has 0 spiro atoms. The summed E-state index contributed by atoms with van der Waals surface area (Å²) in [7, 11) is 3.65. The molecule has 11 nitrogen and oxygen atoms in total. The monoisotopic (exact) mass is 502 g/mol. The zero-order chi connectivity index (χ0) is 25.9. The van der Waals surface area contributed by atoms with Crippen LogP contribution in [0.5, 0.6) is 5.88 Å². The molecule has 1 saturated heterocycles. The van der Waals surface area contributed by atoms with Crippen molar-refractivity contribution in [2.45, 2.75) is 13.2 Å². The molecule has 5 rings (SSSR count). The molecule has 0 amide bonds. The molecule has 4 heterocycles. The van der Waals surface area contributed by atoms with Crippen molar-refractivity contribution >= 4 is 28.4 Å². The van der Waals surface area contributed by atoms with Crippen molar-refractivity contribution in [2.24, 2.45) is 0 Å². The number of aliphatic hydroxyl groups excluding tert-OH is 1. The van der Waals surface area contributed by atoms with Gasteiger partial charge in [-0.2, -0.15) is 9.97 Å². The highest BCUT2D eigenvalue weighted by atomic mass is 16.5. The minimum absolute atomic E-state index is 0.0808. The van der Waals surface area contributed by atoms with Crippen LogP contribution in [0.4, 0.5) is 17.3 Å². The molecule has 3 aromatic heterocycles. The maximum absolute atomic E-state index is 13.1. The number of nitrogens with one attached hydrogen (secondary N) is 1. The van der Waals surface area contributed by atoms with Crippen LogP contribution in [0.2, 0.25) is 0 Å². The van der Waals surface area contributed by atoms with Crippen LogP contribution in [0.1, 0.15) is 5.56 Å². The van der Waals surface area contributed by atoms with Gasteiger partial charge in [0.15, 0.2) is 11.5 Å². The smallest absolute Gasteiger partial charge is 0.278 e. The number of hydrogen-bond acceptors (Lipinski definition) is 9. The highest BCUT2D eigenvalue weighted by molar-refractivity contribution is 5.77. The van der Waals surface area contributed by atoms with Gasteiger partial charge in [-0.05, 0) is 31.3 Å². The second-order valence-corrected chi connectivity index (χ2v) is 8.87. The largest absolute Gasteiger partial charge is 0.481 e. The summed E-state index contributed by atoms with van der Waals surface area (Å²) >= 11 is 0. The predicted octanol–water partition coefficient (Wildman–Crippen LogP) is 2.16. The molecule has 0 aliphatic carbocycles. The van der Waals surface area contributed by atoms with Gasteiger partial charge in [0.05, 0.1) is 20.3 Å². The Morgan fingerprint density at radius 3 is 2.70 bits per heavy atom. The Morgan fingerprint density at radius 1 is 1.16 bits per heavy atom. The number of allylic oxidation sites excluding steroid dienone is 1. The van der Waals surface area contributed by atoms with Crippen molar-refractivity contribution in [3.8, 4) is 11.7 Å². The quantitative estimate of drug-likeness (QED) is 0.350. The number of pyridine rings is 1. The van der Waals surface area contributed by atoms with Crippen LogP contribution in [-0.4, -0.2) is 74.7 Å². The first-order valence-corrected chi connectivity index (χ1v) is 12.1. The minimum Gasteiger partial charge on any atom is -0.481 e. The standard InChI is InChI=1S/C26H30N8O3/c1-4-10-33-25(36)20-16-27-26(30-24(20)34(33)22-6-5-7-23(29-22)37-3)28-19-8-9-21(18(15-19)17-35)32-13-11-31(2)12-14-32/h4-9,15-16,35H,1,10-14,17H2,2-3H3,(H,27,28,30). The number of ether oxygens (including phenoxy) is 1. The van der Waals surface area contributed by atoms with E-state index < -0.39 is 0 Å². The van der Waals surface area contributed by atoms with Crippen molar-refractivity contribution in [2.75, 3.05) is 50.6 Å². The maximum Gasteiger partial charge on any atom is 0.278 e. The fraction of sp³-hybridized carbons (Fsp3) is 0.308. The number of aliphatic hydroxyl groups is 1. The molecule has 0 radical (unpaired) electrons. The Morgan fingerprint density at radius 2 is 1.97 bits per heavy atom. The van der Waals surface area contributed by atoms with E-state index in [0.29, 0.717) is 28.7 Å². The molecule has 37 heavy (non-hydrogen) atoms. The van der Waals surface area contributed by atoms with E-state index in [1.165, 1.54) is 18.0 Å². The SMILES string of the molecule is C=CCn1c(=O)c2cnc(Nc3ccc(N4CCN(C)CC4)c(CO)c3)nc2n1-c1cccc(OC)n1. The van der Waals surface area contributed by atoms with Gasteiger partial charge in [0.25, 0.3) is 5.56 Å². The molecule has 2 N–H and O–H groups in total. The van der Waals surface area contributed by atoms with E-state index in [1.807, 2.05) is 18.2 Å². The fourth-order valence-electron chi connectivity index (χ4n) is 4.52. The van der Waals surface area contributed by atoms with Gasteiger partial charge in [-0.15, -0.1) is 6.58 Å². The third-order valence-electron chi connectivity index (χ3n) is 6.46. The lowest BCUT2D eigenvalue weighted by molar-refractivity contribution is 0.280. The third-order valence-corrected chi connectivity index (χ3v) is 6.46. The summed E-state index contributed by atoms with van der Waals surface area (Å²) in [6.45, 7) is 7.75. The van der Waals surface area contributed by atoms with E-state index in [2.05, 4.69) is 43.7 Å². The van der Waals surface area contributed by atoms with Crippen LogP contribution in [0, 0.1) is 0 Å². The summed E-state index contributed by atoms with van der Waals surface area (Å²) < 4.78 is 8.42. The molecule has 1 aliphatic heterocycles. The second kappa shape index (κ2) is 10.4. The number of aromatic nitrogens is 5. The van der Waals surface area contributed by atoms with E-state index >= 15 is 0 Å². The summed E-state index contributed by atoms with van der Waals surface area (Å²) in [6, 6.07) is 11.2. The van der Waals surface area contributed by atoms with E-state index in [9.17, 15) is 9.90 Å². The summed E-state index contributed by atoms with van der Waals surface area (Å²) in [5, 5.41) is 13.6. The van der Waals surface area contributed by atoms with Gasteiger partial charge in [-0.1, -0.05) is 12.1 Å². The molecule has 0 bridgehead atoms. The maximum atomic E-state index is 13.1. The first-order chi connectivity index (χ1) is 18.0. The van der Waals surface area contributed by atoms with Crippen molar-refractivity contribution < 1.29 is 9.84 Å². The van der Waals surface area contributed by atoms with Gasteiger partial charge < -0.3 is 25.0 Å². The van der Waals surface area contributed by atoms with E-state index in [1.54, 1.807) is 29.0 Å². The predicted molar refractivity (Wildman–Crippen MR) is 143 cm³/mol. The Bertz CT molecular complexity index is 1490. The number of methoxy groups -OCH3 is 1. The van der Waals surface area contributed by atoms with Gasteiger partial charge in [0.2, 0.25) is 11.8 Å². The van der Waals surface area contributed by atoms with Crippen LogP contribution < -0.4 is 20.5 Å². The summed E-state index contributed by atoms with van der Waals surface area (Å²) in [6.07, 6.45) is 3.15. The van der Waals surface area contributed by atoms with E-state index in [-0.39, 0.29) is 18.7 Å². The number of likely N-dealkylation sites (N-methyl/N-ethyl adjacent to an activating group) is 1. The number of benzene rings is 1. The molecule has 0 unspecified atom stereocenters. The minimum atomic E-state index is -0.245. The first-order valence-electron chi connectivity index (χ1n) is 12.1. The van der Waals surface area contributed by atoms with Crippen molar-refractivity contribution in [1.29, 1.82) is 0 Å². The van der Waals surface area contributed by atoms with Gasteiger partial charge >= 0.3 is 0 Å². The second-order valence-electron chi connectivity index (χ2n) is 8.87. The van der Waals surface area contributed by atoms with Crippen LogP contribution >= 0.6 is 0 Å². The summed E-state index contributed by atoms with van der Waals surface area (Å²) in [5.41, 5.74) is 2.74. The van der Waals surface area contributed by atoms with Crippen LogP contribution in [0.25, 0.3) is 16.9 Å². The fourth-order valence-corrected chi connectivity index (χ4v) is 4.52. The van der Waals surface area contributed by atoms with Gasteiger partial charge in [-0.3, -0.25) is 4.79 Å². The Hall–Kier alpha value is -4.22. The zero-order valence-corrected chi connectivity index (χ0v) is 21.0. The molecule has 0 atom stereocenters. The Labute approximate surface area is 214 Å². The van der Waals surface area contributed by atoms with Gasteiger partial charge in [0, 0.05) is 55.4 Å². The zero-order valence-electron chi connectivity index (χ0n) is 21.0. The summed E-state index contributed by atoms with van der Waals surface area (Å²) in [4.78, 5) is 31.3. The molecular formula is C26H30N8O3. The molecule has 1 aromatic carbocycles. The average Bonchev–Trinajstić information content (AvgIpc) is 3.20. The molecular weight excluding hydrogens is 472 g/mol. The van der Waals surface area contributed by atoms with Crippen molar-refractivity contribution in [3.63, 3.8) is 0 Å². The lowest BCUT2D eigenvalue weighted by atomic mass is 10.1. The van der Waals surface area contributed by atoms with E-state index in [4.69, 9.17) is 4.74 Å². The molecule has 1 fully saturated rings. The Kier molecular flexibility index (Phi) is 6.89. The number of hydrogen-bond donors (Lipinski definition) is 2. The lowest BCUT2D eigenvalue weighted by Crippen LogP contribution is -2.44. The molecule has 11 heteroatoms. The Balaban J connectivity index is 1.52. The number of rotatable bonds is 8. The number of piperazine rings is 1. The van der Waals surface area contributed by atoms with Gasteiger partial charge in [0.1, 0.15) is 5.39 Å². The van der Waals surface area contributed by atoms with Crippen molar-refractivity contribution in [1.82, 2.24) is 29.2 Å². The molecule has 192 valence electrons. The van der Waals surface area contributed by atoms with E-state index in [0.717, 1.165) is 43.1 Å². The van der Waals surface area contributed by atoms with Crippen LogP contribution in [0.15, 0.2) is 60.0 Å². The first kappa shape index (κ1) is 24.5. The topological polar surface area (TPSA) is 114 Å². The molecule has 4 aromatic rings. The van der Waals surface area contributed by atoms with Crippen molar-refractivity contribution in [3.05, 3.63) is 71.2 Å². The number of fused-ring (bicyclic) bond motifs is 1. The summed E-state index contributed by atoms with van der Waals surface area (Å²) in [5.74, 6) is 1.22. The number of anilines is 3. The highest BCUT2D eigenvalue weighted by Gasteiger charge is 2.19. The van der Waals surface area contributed by atoms with Crippen LogP contribution in [-0.2, 0) is 13.2 Å². The average molecular weight is 503 g/mol. The van der Waals surface area contributed by atoms with Crippen LogP contribution in [0.3, 0.4) is 0 Å². The highest BCUT2D eigenvalue weighted by Crippen LogP contribution is 2.27. The third kappa shape index (κ3) is 4.78. The van der Waals surface area contributed by atoms with Gasteiger partial charge in [-0.25, -0.2) is 14.3 Å². The lowest BCUT2D eigenvalue weighted by Gasteiger charge is -2.35. The normalized spacial score (nSPS) is 14.2. The number of nitrogens with zero attached hydrogens (tertiary/aromatic N) is 7.